The molecule has 0 aromatic carbocycles. The van der Waals surface area contributed by atoms with Gasteiger partial charge in [0.25, 0.3) is 0 Å². The molecule has 2 rings (SSSR count). The molecule has 1 saturated heterocycles. The van der Waals surface area contributed by atoms with Crippen LogP contribution in [-0.4, -0.2) is 41.0 Å². The highest BCUT2D eigenvalue weighted by molar-refractivity contribution is 5.38. The molecule has 1 aliphatic heterocycles. The van der Waals surface area contributed by atoms with Gasteiger partial charge >= 0.3 is 0 Å². The third-order valence-electron chi connectivity index (χ3n) is 2.70. The quantitative estimate of drug-likeness (QED) is 0.610. The zero-order valence-corrected chi connectivity index (χ0v) is 7.61. The smallest absolute Gasteiger partial charge is 0.0959 e. The van der Waals surface area contributed by atoms with E-state index in [0.29, 0.717) is 0 Å². The van der Waals surface area contributed by atoms with Crippen molar-refractivity contribution in [2.45, 2.75) is 18.9 Å². The second-order valence-electron chi connectivity index (χ2n) is 3.67. The van der Waals surface area contributed by atoms with Crippen LogP contribution in [0.1, 0.15) is 12.8 Å². The lowest BCUT2D eigenvalue weighted by Gasteiger charge is -2.31. The van der Waals surface area contributed by atoms with Gasteiger partial charge in [0.2, 0.25) is 0 Å². The van der Waals surface area contributed by atoms with E-state index in [1.54, 1.807) is 0 Å². The van der Waals surface area contributed by atoms with Gasteiger partial charge in [0, 0.05) is 13.1 Å². The zero-order valence-electron chi connectivity index (χ0n) is 7.61. The maximum atomic E-state index is 9.41. The molecule has 2 aliphatic rings. The molecule has 1 aliphatic carbocycles. The molecular formula is C10H15NO2. The number of nitrogens with zero attached hydrogens (tertiary/aromatic N) is 1. The molecule has 72 valence electrons. The number of fused-ring (bicyclic) bond motifs is 1. The first kappa shape index (κ1) is 8.94. The molecule has 0 aromatic heterocycles. The Bertz CT molecular complexity index is 258. The topological polar surface area (TPSA) is 43.7 Å². The molecule has 3 nitrogen and oxygen atoms in total. The zero-order chi connectivity index (χ0) is 9.26. The summed E-state index contributed by atoms with van der Waals surface area (Å²) in [4.78, 5) is 1.97. The number of hydrogen-bond acceptors (Lipinski definition) is 3. The van der Waals surface area contributed by atoms with Gasteiger partial charge in [-0.25, -0.2) is 0 Å². The average molecular weight is 181 g/mol. The van der Waals surface area contributed by atoms with Crippen LogP contribution in [0.25, 0.3) is 0 Å². The predicted octanol–water partition coefficient (Wildman–Crippen LogP) is 0.259. The van der Waals surface area contributed by atoms with E-state index in [0.717, 1.165) is 25.9 Å². The lowest BCUT2D eigenvalue weighted by atomic mass is 9.91. The first-order valence-electron chi connectivity index (χ1n) is 4.71. The highest BCUT2D eigenvalue weighted by atomic mass is 16.3. The number of hydrogen-bond donors (Lipinski definition) is 2. The Morgan fingerprint density at radius 2 is 2.31 bits per heavy atom. The molecule has 2 N–H and O–H groups in total. The molecule has 0 aromatic rings. The molecule has 0 spiro atoms. The third-order valence-corrected chi connectivity index (χ3v) is 2.70. The molecule has 1 fully saturated rings. The second kappa shape index (κ2) is 3.62. The molecule has 3 heteroatoms. The van der Waals surface area contributed by atoms with Gasteiger partial charge in [-0.2, -0.15) is 0 Å². The van der Waals surface area contributed by atoms with E-state index in [1.807, 2.05) is 11.0 Å². The van der Waals surface area contributed by atoms with Crippen LogP contribution < -0.4 is 0 Å². The van der Waals surface area contributed by atoms with Crippen molar-refractivity contribution >= 4 is 0 Å². The monoisotopic (exact) mass is 181 g/mol. The van der Waals surface area contributed by atoms with Crippen LogP contribution in [0.15, 0.2) is 23.3 Å². The minimum Gasteiger partial charge on any atom is -0.389 e. The number of rotatable bonds is 1. The Kier molecular flexibility index (Phi) is 2.49. The Balaban J connectivity index is 2.11. The van der Waals surface area contributed by atoms with E-state index in [2.05, 4.69) is 6.08 Å². The summed E-state index contributed by atoms with van der Waals surface area (Å²) in [6.07, 6.45) is 5.46. The first-order valence-corrected chi connectivity index (χ1v) is 4.71. The first-order chi connectivity index (χ1) is 6.29. The number of aliphatic hydroxyl groups is 2. The highest BCUT2D eigenvalue weighted by Crippen LogP contribution is 2.26. The standard InChI is InChI=1S/C10H15NO2/c12-7-11-4-3-8-1-2-10(13)5-9(8)6-11/h1,5,10,12-13H,2-4,6-7H2. The van der Waals surface area contributed by atoms with E-state index in [9.17, 15) is 5.11 Å². The van der Waals surface area contributed by atoms with E-state index in [1.165, 1.54) is 11.1 Å². The minimum atomic E-state index is -0.322. The maximum Gasteiger partial charge on any atom is 0.0959 e. The normalized spacial score (nSPS) is 29.2. The molecule has 0 radical (unpaired) electrons. The van der Waals surface area contributed by atoms with Crippen LogP contribution in [0, 0.1) is 0 Å². The summed E-state index contributed by atoms with van der Waals surface area (Å²) in [6, 6.07) is 0. The lowest BCUT2D eigenvalue weighted by Crippen LogP contribution is -2.34. The third kappa shape index (κ3) is 1.82. The van der Waals surface area contributed by atoms with Gasteiger partial charge < -0.3 is 10.2 Å². The van der Waals surface area contributed by atoms with Gasteiger partial charge in [-0.15, -0.1) is 0 Å². The van der Waals surface area contributed by atoms with Crippen LogP contribution in [-0.2, 0) is 0 Å². The molecule has 1 atom stereocenters. The number of likely N-dealkylation sites (tertiary alicyclic amines) is 1. The number of aliphatic hydroxyl groups excluding tert-OH is 2. The van der Waals surface area contributed by atoms with Gasteiger partial charge in [-0.3, -0.25) is 4.90 Å². The molecular weight excluding hydrogens is 166 g/mol. The van der Waals surface area contributed by atoms with Crippen molar-refractivity contribution in [3.05, 3.63) is 23.3 Å². The fourth-order valence-corrected chi connectivity index (χ4v) is 1.94. The van der Waals surface area contributed by atoms with Crippen LogP contribution in [0.2, 0.25) is 0 Å². The summed E-state index contributed by atoms with van der Waals surface area (Å²) in [5.41, 5.74) is 2.55. The number of piperidine rings is 1. The van der Waals surface area contributed by atoms with Crippen molar-refractivity contribution in [1.82, 2.24) is 4.90 Å². The summed E-state index contributed by atoms with van der Waals surface area (Å²) in [6.45, 7) is 1.82. The molecule has 13 heavy (non-hydrogen) atoms. The van der Waals surface area contributed by atoms with E-state index in [4.69, 9.17) is 5.11 Å². The Labute approximate surface area is 78.0 Å². The summed E-state index contributed by atoms with van der Waals surface area (Å²) in [7, 11) is 0. The van der Waals surface area contributed by atoms with Gasteiger partial charge in [0.1, 0.15) is 0 Å². The largest absolute Gasteiger partial charge is 0.389 e. The van der Waals surface area contributed by atoms with Crippen molar-refractivity contribution in [2.24, 2.45) is 0 Å². The molecule has 0 amide bonds. The van der Waals surface area contributed by atoms with Gasteiger partial charge in [-0.1, -0.05) is 12.2 Å². The Morgan fingerprint density at radius 1 is 1.46 bits per heavy atom. The van der Waals surface area contributed by atoms with Gasteiger partial charge in [0.05, 0.1) is 12.8 Å². The fourth-order valence-electron chi connectivity index (χ4n) is 1.94. The van der Waals surface area contributed by atoms with Crippen LogP contribution in [0.4, 0.5) is 0 Å². The summed E-state index contributed by atoms with van der Waals surface area (Å²) in [5, 5.41) is 18.4. The van der Waals surface area contributed by atoms with E-state index >= 15 is 0 Å². The highest BCUT2D eigenvalue weighted by Gasteiger charge is 2.20. The van der Waals surface area contributed by atoms with Crippen LogP contribution in [0.3, 0.4) is 0 Å². The van der Waals surface area contributed by atoms with Crippen LogP contribution in [0.5, 0.6) is 0 Å². The average Bonchev–Trinajstić information content (AvgIpc) is 2.16. The molecule has 0 saturated carbocycles. The van der Waals surface area contributed by atoms with E-state index < -0.39 is 0 Å². The Hall–Kier alpha value is -0.640. The Morgan fingerprint density at radius 3 is 3.08 bits per heavy atom. The van der Waals surface area contributed by atoms with Crippen molar-refractivity contribution in [2.75, 3.05) is 19.8 Å². The summed E-state index contributed by atoms with van der Waals surface area (Å²) < 4.78 is 0. The van der Waals surface area contributed by atoms with E-state index in [-0.39, 0.29) is 12.8 Å². The summed E-state index contributed by atoms with van der Waals surface area (Å²) >= 11 is 0. The minimum absolute atomic E-state index is 0.112. The molecule has 0 bridgehead atoms. The fraction of sp³-hybridized carbons (Fsp3) is 0.600. The van der Waals surface area contributed by atoms with Crippen molar-refractivity contribution < 1.29 is 10.2 Å². The second-order valence-corrected chi connectivity index (χ2v) is 3.67. The maximum absolute atomic E-state index is 9.41. The lowest BCUT2D eigenvalue weighted by molar-refractivity contribution is 0.110. The summed E-state index contributed by atoms with van der Waals surface area (Å²) in [5.74, 6) is 0. The molecule has 1 unspecified atom stereocenters. The van der Waals surface area contributed by atoms with Crippen molar-refractivity contribution in [3.8, 4) is 0 Å². The van der Waals surface area contributed by atoms with Gasteiger partial charge in [-0.05, 0) is 24.0 Å². The van der Waals surface area contributed by atoms with Gasteiger partial charge in [0.15, 0.2) is 0 Å². The molecule has 1 heterocycles. The predicted molar refractivity (Wildman–Crippen MR) is 50.1 cm³/mol. The van der Waals surface area contributed by atoms with Crippen LogP contribution >= 0.6 is 0 Å². The van der Waals surface area contributed by atoms with Crippen molar-refractivity contribution in [1.29, 1.82) is 0 Å². The van der Waals surface area contributed by atoms with Crippen molar-refractivity contribution in [3.63, 3.8) is 0 Å². The SMILES string of the molecule is OCN1CCC2=CCC(O)C=C2C1.